The number of nitrogens with one attached hydrogen (secondary N) is 1. The van der Waals surface area contributed by atoms with Crippen LogP contribution in [0.2, 0.25) is 0 Å². The molecule has 1 heterocycles. The molecule has 2 rings (SSSR count). The monoisotopic (exact) mass is 264 g/mol. The Bertz CT molecular complexity index is 436. The van der Waals surface area contributed by atoms with Gasteiger partial charge in [0, 0.05) is 18.4 Å². The maximum atomic E-state index is 11.7. The van der Waals surface area contributed by atoms with E-state index in [-0.39, 0.29) is 11.9 Å². The molecule has 0 fully saturated rings. The van der Waals surface area contributed by atoms with Crippen molar-refractivity contribution in [2.45, 2.75) is 31.4 Å². The molecule has 0 aromatic heterocycles. The number of fused-ring (bicyclic) bond motifs is 1. The predicted molar refractivity (Wildman–Crippen MR) is 71.7 cm³/mol. The third-order valence-electron chi connectivity index (χ3n) is 3.26. The molecule has 19 heavy (non-hydrogen) atoms. The number of carbonyl (C=O) groups is 1. The van der Waals surface area contributed by atoms with Crippen LogP contribution < -0.4 is 15.8 Å². The zero-order valence-corrected chi connectivity index (χ0v) is 10.8. The topological polar surface area (TPSA) is 84.6 Å². The van der Waals surface area contributed by atoms with E-state index in [2.05, 4.69) is 5.32 Å². The molecule has 1 amide bonds. The lowest BCUT2D eigenvalue weighted by molar-refractivity contribution is -0.122. The summed E-state index contributed by atoms with van der Waals surface area (Å²) in [5.74, 6) is 0.614. The Balaban J connectivity index is 2.04. The van der Waals surface area contributed by atoms with Crippen LogP contribution in [0.4, 0.5) is 0 Å². The maximum Gasteiger partial charge on any atom is 0.220 e. The molecule has 0 spiro atoms. The number of aliphatic hydroxyl groups excluding tert-OH is 1. The highest BCUT2D eigenvalue weighted by molar-refractivity contribution is 5.76. The van der Waals surface area contributed by atoms with Crippen LogP contribution in [0.25, 0.3) is 0 Å². The molecule has 4 N–H and O–H groups in total. The van der Waals surface area contributed by atoms with Gasteiger partial charge >= 0.3 is 0 Å². The zero-order valence-electron chi connectivity index (χ0n) is 10.8. The van der Waals surface area contributed by atoms with Crippen LogP contribution >= 0.6 is 0 Å². The quantitative estimate of drug-likeness (QED) is 0.748. The van der Waals surface area contributed by atoms with E-state index in [0.717, 1.165) is 5.56 Å². The molecule has 1 aliphatic heterocycles. The second-order valence-corrected chi connectivity index (χ2v) is 4.69. The number of ether oxygens (including phenoxy) is 1. The van der Waals surface area contributed by atoms with Crippen molar-refractivity contribution in [3.05, 3.63) is 29.8 Å². The van der Waals surface area contributed by atoms with E-state index >= 15 is 0 Å². The van der Waals surface area contributed by atoms with Gasteiger partial charge in [0.2, 0.25) is 5.91 Å². The summed E-state index contributed by atoms with van der Waals surface area (Å²) in [6.45, 7) is 0.975. The zero-order chi connectivity index (χ0) is 13.7. The third kappa shape index (κ3) is 3.45. The van der Waals surface area contributed by atoms with Gasteiger partial charge in [0.25, 0.3) is 0 Å². The molecule has 5 nitrogen and oxygen atoms in total. The van der Waals surface area contributed by atoms with Crippen molar-refractivity contribution in [2.24, 2.45) is 5.73 Å². The Kier molecular flexibility index (Phi) is 4.76. The molecule has 0 bridgehead atoms. The number of carbonyl (C=O) groups excluding carboxylic acids is 1. The van der Waals surface area contributed by atoms with Gasteiger partial charge in [-0.05, 0) is 19.0 Å². The standard InChI is InChI=1S/C14H20N2O3/c15-8-3-6-13(17)16-11-7-9-19-12-5-2-1-4-10(12)14(11)18/h1-2,4-5,11,14,18H,3,6-9,15H2,(H,16,17). The lowest BCUT2D eigenvalue weighted by Gasteiger charge is -2.21. The van der Waals surface area contributed by atoms with E-state index in [9.17, 15) is 9.90 Å². The number of hydrogen-bond donors (Lipinski definition) is 3. The first kappa shape index (κ1) is 13.8. The van der Waals surface area contributed by atoms with Gasteiger partial charge in [-0.15, -0.1) is 0 Å². The van der Waals surface area contributed by atoms with E-state index in [1.165, 1.54) is 0 Å². The SMILES string of the molecule is NCCCC(=O)NC1CCOc2ccccc2C1O. The van der Waals surface area contributed by atoms with Crippen molar-refractivity contribution in [1.82, 2.24) is 5.32 Å². The number of rotatable bonds is 4. The number of aliphatic hydroxyl groups is 1. The van der Waals surface area contributed by atoms with Gasteiger partial charge < -0.3 is 20.9 Å². The van der Waals surface area contributed by atoms with Crippen LogP contribution in [0.1, 0.15) is 30.9 Å². The minimum atomic E-state index is -0.736. The minimum absolute atomic E-state index is 0.0751. The summed E-state index contributed by atoms with van der Waals surface area (Å²) in [7, 11) is 0. The number of amides is 1. The number of nitrogens with two attached hydrogens (primary N) is 1. The fourth-order valence-corrected chi connectivity index (χ4v) is 2.22. The van der Waals surface area contributed by atoms with Crippen molar-refractivity contribution in [1.29, 1.82) is 0 Å². The van der Waals surface area contributed by atoms with Crippen LogP contribution in [0.5, 0.6) is 5.75 Å². The third-order valence-corrected chi connectivity index (χ3v) is 3.26. The van der Waals surface area contributed by atoms with Crippen LogP contribution in [-0.2, 0) is 4.79 Å². The summed E-state index contributed by atoms with van der Waals surface area (Å²) in [6, 6.07) is 7.06. The fourth-order valence-electron chi connectivity index (χ4n) is 2.22. The molecule has 5 heteroatoms. The molecule has 104 valence electrons. The van der Waals surface area contributed by atoms with E-state index in [4.69, 9.17) is 10.5 Å². The summed E-state index contributed by atoms with van der Waals surface area (Å²) < 4.78 is 5.58. The van der Waals surface area contributed by atoms with Crippen LogP contribution in [-0.4, -0.2) is 30.2 Å². The molecule has 1 aromatic rings. The van der Waals surface area contributed by atoms with Gasteiger partial charge in [-0.1, -0.05) is 18.2 Å². The van der Waals surface area contributed by atoms with Gasteiger partial charge in [0.05, 0.1) is 12.6 Å². The summed E-state index contributed by atoms with van der Waals surface area (Å²) in [6.07, 6.45) is 0.897. The second kappa shape index (κ2) is 6.54. The molecule has 1 aromatic carbocycles. The molecule has 0 saturated carbocycles. The number of para-hydroxylation sites is 1. The molecule has 2 unspecified atom stereocenters. The number of benzene rings is 1. The second-order valence-electron chi connectivity index (χ2n) is 4.69. The smallest absolute Gasteiger partial charge is 0.220 e. The van der Waals surface area contributed by atoms with Gasteiger partial charge in [-0.2, -0.15) is 0 Å². The van der Waals surface area contributed by atoms with Gasteiger partial charge in [0.1, 0.15) is 11.9 Å². The Morgan fingerprint density at radius 3 is 3.05 bits per heavy atom. The lowest BCUT2D eigenvalue weighted by Crippen LogP contribution is -2.39. The van der Waals surface area contributed by atoms with Gasteiger partial charge in [-0.25, -0.2) is 0 Å². The molecular formula is C14H20N2O3. The van der Waals surface area contributed by atoms with E-state index < -0.39 is 6.10 Å². The first-order chi connectivity index (χ1) is 9.22. The predicted octanol–water partition coefficient (Wildman–Crippen LogP) is 0.726. The molecule has 0 saturated heterocycles. The maximum absolute atomic E-state index is 11.7. The van der Waals surface area contributed by atoms with Crippen LogP contribution in [0.15, 0.2) is 24.3 Å². The Morgan fingerprint density at radius 2 is 2.26 bits per heavy atom. The highest BCUT2D eigenvalue weighted by Gasteiger charge is 2.27. The lowest BCUT2D eigenvalue weighted by atomic mass is 10.00. The van der Waals surface area contributed by atoms with Gasteiger partial charge in [-0.3, -0.25) is 4.79 Å². The van der Waals surface area contributed by atoms with Crippen LogP contribution in [0.3, 0.4) is 0 Å². The largest absolute Gasteiger partial charge is 0.493 e. The first-order valence-corrected chi connectivity index (χ1v) is 6.61. The number of hydrogen-bond acceptors (Lipinski definition) is 4. The molecule has 2 atom stereocenters. The molecular weight excluding hydrogens is 244 g/mol. The highest BCUT2D eigenvalue weighted by Crippen LogP contribution is 2.31. The van der Waals surface area contributed by atoms with Crippen molar-refractivity contribution >= 4 is 5.91 Å². The van der Waals surface area contributed by atoms with Crippen molar-refractivity contribution < 1.29 is 14.6 Å². The van der Waals surface area contributed by atoms with Crippen molar-refractivity contribution in [3.8, 4) is 5.75 Å². The van der Waals surface area contributed by atoms with Gasteiger partial charge in [0.15, 0.2) is 0 Å². The Hall–Kier alpha value is -1.59. The first-order valence-electron chi connectivity index (χ1n) is 6.61. The minimum Gasteiger partial charge on any atom is -0.493 e. The normalized spacial score (nSPS) is 22.0. The van der Waals surface area contributed by atoms with Crippen LogP contribution in [0, 0.1) is 0 Å². The fraction of sp³-hybridized carbons (Fsp3) is 0.500. The summed E-state index contributed by atoms with van der Waals surface area (Å²) in [5, 5.41) is 13.2. The van der Waals surface area contributed by atoms with E-state index in [1.54, 1.807) is 0 Å². The summed E-state index contributed by atoms with van der Waals surface area (Å²) >= 11 is 0. The average molecular weight is 264 g/mol. The molecule has 0 radical (unpaired) electrons. The van der Waals surface area contributed by atoms with E-state index in [1.807, 2.05) is 24.3 Å². The van der Waals surface area contributed by atoms with E-state index in [0.29, 0.717) is 38.2 Å². The molecule has 1 aliphatic rings. The summed E-state index contributed by atoms with van der Waals surface area (Å²) in [4.78, 5) is 11.7. The Labute approximate surface area is 112 Å². The molecule has 0 aliphatic carbocycles. The summed E-state index contributed by atoms with van der Waals surface area (Å²) in [5.41, 5.74) is 6.10. The van der Waals surface area contributed by atoms with Crippen molar-refractivity contribution in [3.63, 3.8) is 0 Å². The van der Waals surface area contributed by atoms with Crippen molar-refractivity contribution in [2.75, 3.05) is 13.2 Å². The average Bonchev–Trinajstić information content (AvgIpc) is 2.58. The Morgan fingerprint density at radius 1 is 1.47 bits per heavy atom. The highest BCUT2D eigenvalue weighted by atomic mass is 16.5.